The van der Waals surface area contributed by atoms with E-state index in [1.54, 1.807) is 0 Å². The fourth-order valence-corrected chi connectivity index (χ4v) is 1.58. The summed E-state index contributed by atoms with van der Waals surface area (Å²) in [6.07, 6.45) is 5.59. The molecule has 0 saturated carbocycles. The summed E-state index contributed by atoms with van der Waals surface area (Å²) in [5.41, 5.74) is 2.67. The second-order valence-corrected chi connectivity index (χ2v) is 3.17. The van der Waals surface area contributed by atoms with Crippen LogP contribution in [-0.2, 0) is 0 Å². The summed E-state index contributed by atoms with van der Waals surface area (Å²) in [5.74, 6) is 0. The van der Waals surface area contributed by atoms with Crippen LogP contribution in [0.2, 0.25) is 0 Å². The highest BCUT2D eigenvalue weighted by Gasteiger charge is 2.05. The molecule has 0 unspecified atom stereocenters. The molecule has 1 nitrogen and oxygen atoms in total. The molecule has 1 aliphatic rings. The molecule has 0 spiro atoms. The normalized spacial score (nSPS) is 15.6. The summed E-state index contributed by atoms with van der Waals surface area (Å²) in [4.78, 5) is 2.30. The van der Waals surface area contributed by atoms with Crippen molar-refractivity contribution in [2.75, 3.05) is 18.5 Å². The van der Waals surface area contributed by atoms with E-state index >= 15 is 0 Å². The van der Waals surface area contributed by atoms with E-state index in [1.165, 1.54) is 11.3 Å². The fourth-order valence-electron chi connectivity index (χ4n) is 1.58. The Kier molecular flexibility index (Phi) is 1.86. The Morgan fingerprint density at radius 1 is 1.25 bits per heavy atom. The smallest absolute Gasteiger partial charge is 0.0437 e. The number of nitrogens with zero attached hydrogens (tertiary/aromatic N) is 1. The van der Waals surface area contributed by atoms with E-state index in [-0.39, 0.29) is 0 Å². The quantitative estimate of drug-likeness (QED) is 0.562. The summed E-state index contributed by atoms with van der Waals surface area (Å²) < 4.78 is 0. The van der Waals surface area contributed by atoms with Crippen molar-refractivity contribution in [3.63, 3.8) is 0 Å². The zero-order valence-corrected chi connectivity index (χ0v) is 7.33. The van der Waals surface area contributed by atoms with Gasteiger partial charge in [-0.1, -0.05) is 30.4 Å². The van der Waals surface area contributed by atoms with Crippen LogP contribution in [0.4, 0.5) is 5.69 Å². The molecule has 1 heteroatoms. The van der Waals surface area contributed by atoms with Gasteiger partial charge in [0, 0.05) is 19.3 Å². The lowest BCUT2D eigenvalue weighted by Crippen LogP contribution is -2.17. The van der Waals surface area contributed by atoms with Crippen LogP contribution >= 0.6 is 0 Å². The Hall–Kier alpha value is -1.24. The van der Waals surface area contributed by atoms with Crippen molar-refractivity contribution in [1.29, 1.82) is 0 Å². The number of hydrogen-bond donors (Lipinski definition) is 0. The van der Waals surface area contributed by atoms with Crippen molar-refractivity contribution < 1.29 is 0 Å². The van der Waals surface area contributed by atoms with Crippen molar-refractivity contribution in [2.24, 2.45) is 0 Å². The first kappa shape index (κ1) is 7.41. The van der Waals surface area contributed by atoms with Crippen molar-refractivity contribution in [3.05, 3.63) is 35.9 Å². The van der Waals surface area contributed by atoms with Gasteiger partial charge in [0.15, 0.2) is 0 Å². The Bertz CT molecular complexity index is 302. The third kappa shape index (κ3) is 1.22. The predicted molar refractivity (Wildman–Crippen MR) is 53.4 cm³/mol. The van der Waals surface area contributed by atoms with E-state index in [2.05, 4.69) is 48.4 Å². The molecule has 0 atom stereocenters. The first-order valence-electron chi connectivity index (χ1n) is 4.34. The molecule has 1 aliphatic heterocycles. The average molecular weight is 159 g/mol. The highest BCUT2D eigenvalue weighted by molar-refractivity contribution is 5.68. The molecule has 0 N–H and O–H groups in total. The Balaban J connectivity index is 2.49. The van der Waals surface area contributed by atoms with Crippen LogP contribution in [0.25, 0.3) is 6.08 Å². The Morgan fingerprint density at radius 3 is 3.00 bits per heavy atom. The van der Waals surface area contributed by atoms with Gasteiger partial charge >= 0.3 is 0 Å². The molecule has 0 radical (unpaired) electrons. The second kappa shape index (κ2) is 3.02. The molecule has 0 bridgehead atoms. The van der Waals surface area contributed by atoms with Gasteiger partial charge in [0.25, 0.3) is 0 Å². The van der Waals surface area contributed by atoms with Gasteiger partial charge in [0.05, 0.1) is 0 Å². The molecule has 1 aromatic carbocycles. The Morgan fingerprint density at radius 2 is 2.08 bits per heavy atom. The number of para-hydroxylation sites is 1. The predicted octanol–water partition coefficient (Wildman–Crippen LogP) is 2.54. The van der Waals surface area contributed by atoms with Crippen LogP contribution in [0.15, 0.2) is 30.3 Å². The SMILES string of the molecule is CN1CCC=Cc2ccccc21. The van der Waals surface area contributed by atoms with Gasteiger partial charge in [0.1, 0.15) is 0 Å². The standard InChI is InChI=1S/C11H13N/c1-12-9-5-4-7-10-6-2-3-8-11(10)12/h2-4,6-8H,5,9H2,1H3. The van der Waals surface area contributed by atoms with E-state index in [1.807, 2.05) is 0 Å². The number of rotatable bonds is 0. The maximum Gasteiger partial charge on any atom is 0.0437 e. The van der Waals surface area contributed by atoms with Gasteiger partial charge in [-0.2, -0.15) is 0 Å². The monoisotopic (exact) mass is 159 g/mol. The zero-order valence-electron chi connectivity index (χ0n) is 7.33. The molecule has 2 rings (SSSR count). The van der Waals surface area contributed by atoms with Crippen LogP contribution in [0.3, 0.4) is 0 Å². The average Bonchev–Trinajstić information content (AvgIpc) is 2.29. The minimum absolute atomic E-state index is 1.12. The molecule has 0 amide bonds. The van der Waals surface area contributed by atoms with Gasteiger partial charge in [0.2, 0.25) is 0 Å². The topological polar surface area (TPSA) is 3.24 Å². The molecule has 0 fully saturated rings. The Labute approximate surface area is 73.3 Å². The largest absolute Gasteiger partial charge is 0.374 e. The zero-order chi connectivity index (χ0) is 8.39. The maximum atomic E-state index is 2.30. The number of fused-ring (bicyclic) bond motifs is 1. The summed E-state index contributed by atoms with van der Waals surface area (Å²) in [7, 11) is 2.14. The molecule has 0 saturated heterocycles. The third-order valence-electron chi connectivity index (χ3n) is 2.28. The number of benzene rings is 1. The van der Waals surface area contributed by atoms with Gasteiger partial charge in [-0.05, 0) is 18.1 Å². The van der Waals surface area contributed by atoms with Crippen LogP contribution in [-0.4, -0.2) is 13.6 Å². The number of anilines is 1. The molecule has 12 heavy (non-hydrogen) atoms. The third-order valence-corrected chi connectivity index (χ3v) is 2.28. The molecule has 62 valence electrons. The molecule has 0 aromatic heterocycles. The van der Waals surface area contributed by atoms with Crippen molar-refractivity contribution in [1.82, 2.24) is 0 Å². The van der Waals surface area contributed by atoms with Crippen molar-refractivity contribution in [3.8, 4) is 0 Å². The molecular formula is C11H13N. The number of hydrogen-bond acceptors (Lipinski definition) is 1. The van der Waals surface area contributed by atoms with E-state index in [9.17, 15) is 0 Å². The maximum absolute atomic E-state index is 2.30. The van der Waals surface area contributed by atoms with Crippen LogP contribution in [0.1, 0.15) is 12.0 Å². The summed E-state index contributed by atoms with van der Waals surface area (Å²) >= 11 is 0. The van der Waals surface area contributed by atoms with E-state index in [0.29, 0.717) is 0 Å². The minimum atomic E-state index is 1.12. The molecule has 0 aliphatic carbocycles. The van der Waals surface area contributed by atoms with E-state index in [0.717, 1.165) is 13.0 Å². The summed E-state index contributed by atoms with van der Waals surface area (Å²) in [5, 5.41) is 0. The lowest BCUT2D eigenvalue weighted by atomic mass is 10.1. The second-order valence-electron chi connectivity index (χ2n) is 3.17. The van der Waals surface area contributed by atoms with Crippen molar-refractivity contribution in [2.45, 2.75) is 6.42 Å². The van der Waals surface area contributed by atoms with Crippen LogP contribution in [0, 0.1) is 0 Å². The fraction of sp³-hybridized carbons (Fsp3) is 0.273. The van der Waals surface area contributed by atoms with Gasteiger partial charge < -0.3 is 4.90 Å². The summed E-state index contributed by atoms with van der Waals surface area (Å²) in [6, 6.07) is 8.51. The highest BCUT2D eigenvalue weighted by Crippen LogP contribution is 2.23. The van der Waals surface area contributed by atoms with Gasteiger partial charge in [-0.15, -0.1) is 0 Å². The van der Waals surface area contributed by atoms with Gasteiger partial charge in [-0.25, -0.2) is 0 Å². The lowest BCUT2D eigenvalue weighted by Gasteiger charge is -2.18. The summed E-state index contributed by atoms with van der Waals surface area (Å²) in [6.45, 7) is 1.12. The van der Waals surface area contributed by atoms with Crippen LogP contribution in [0.5, 0.6) is 0 Å². The lowest BCUT2D eigenvalue weighted by molar-refractivity contribution is 0.907. The molecule has 1 heterocycles. The molecular weight excluding hydrogens is 146 g/mol. The van der Waals surface area contributed by atoms with Crippen LogP contribution < -0.4 is 4.90 Å². The molecule has 1 aromatic rings. The first-order valence-corrected chi connectivity index (χ1v) is 4.34. The van der Waals surface area contributed by atoms with Crippen molar-refractivity contribution >= 4 is 11.8 Å². The first-order chi connectivity index (χ1) is 5.88. The highest BCUT2D eigenvalue weighted by atomic mass is 15.1. The van der Waals surface area contributed by atoms with E-state index < -0.39 is 0 Å². The minimum Gasteiger partial charge on any atom is -0.374 e. The van der Waals surface area contributed by atoms with Gasteiger partial charge in [-0.3, -0.25) is 0 Å². The van der Waals surface area contributed by atoms with E-state index in [4.69, 9.17) is 0 Å².